The van der Waals surface area contributed by atoms with Gasteiger partial charge in [-0.15, -0.1) is 0 Å². The van der Waals surface area contributed by atoms with Gasteiger partial charge in [0.1, 0.15) is 11.6 Å². The summed E-state index contributed by atoms with van der Waals surface area (Å²) in [5.41, 5.74) is 2.42. The fourth-order valence-electron chi connectivity index (χ4n) is 5.23. The van der Waals surface area contributed by atoms with Crippen molar-refractivity contribution in [3.05, 3.63) is 83.8 Å². The first-order valence-electron chi connectivity index (χ1n) is 12.4. The Hall–Kier alpha value is -4.11. The predicted octanol–water partition coefficient (Wildman–Crippen LogP) is 5.91. The van der Waals surface area contributed by atoms with Gasteiger partial charge >= 0.3 is 0 Å². The van der Waals surface area contributed by atoms with Crippen molar-refractivity contribution >= 4 is 28.2 Å². The number of morpholine rings is 1. The predicted molar refractivity (Wildman–Crippen MR) is 140 cm³/mol. The maximum absolute atomic E-state index is 14.8. The maximum Gasteiger partial charge on any atom is 0.232 e. The zero-order chi connectivity index (χ0) is 26.2. The second-order valence-corrected chi connectivity index (χ2v) is 9.29. The molecule has 1 saturated heterocycles. The van der Waals surface area contributed by atoms with Crippen LogP contribution in [0.2, 0.25) is 0 Å². The molecule has 0 spiro atoms. The lowest BCUT2D eigenvalue weighted by atomic mass is 9.92. The second kappa shape index (κ2) is 9.98. The zero-order valence-corrected chi connectivity index (χ0v) is 20.3. The number of nitrogens with one attached hydrogen (secondary N) is 1. The number of aromatic nitrogens is 1. The summed E-state index contributed by atoms with van der Waals surface area (Å²) in [5, 5.41) is 3.69. The molecule has 1 N–H and O–H groups in total. The summed E-state index contributed by atoms with van der Waals surface area (Å²) in [7, 11) is 0. The molecule has 38 heavy (non-hydrogen) atoms. The molecule has 6 rings (SSSR count). The molecule has 2 aliphatic rings. The molecule has 3 heterocycles. The maximum atomic E-state index is 14.8. The molecular weight excluding hydrogens is 495 g/mol. The molecule has 0 saturated carbocycles. The highest BCUT2D eigenvalue weighted by molar-refractivity contribution is 6.08. The van der Waals surface area contributed by atoms with Crippen molar-refractivity contribution < 1.29 is 28.9 Å². The van der Waals surface area contributed by atoms with Crippen LogP contribution >= 0.6 is 0 Å². The smallest absolute Gasteiger partial charge is 0.232 e. The largest absolute Gasteiger partial charge is 0.493 e. The normalized spacial score (nSPS) is 17.1. The van der Waals surface area contributed by atoms with Gasteiger partial charge in [0, 0.05) is 42.7 Å². The average molecular weight is 522 g/mol. The van der Waals surface area contributed by atoms with Crippen molar-refractivity contribution in [1.82, 2.24) is 4.98 Å². The molecule has 1 aromatic heterocycles. The molecule has 9 heteroatoms. The van der Waals surface area contributed by atoms with E-state index in [9.17, 15) is 18.0 Å². The van der Waals surface area contributed by atoms with E-state index in [0.29, 0.717) is 73.4 Å². The summed E-state index contributed by atoms with van der Waals surface area (Å²) in [4.78, 5) is 20.2. The monoisotopic (exact) mass is 521 g/mol. The van der Waals surface area contributed by atoms with E-state index in [1.165, 1.54) is 6.20 Å². The van der Waals surface area contributed by atoms with Gasteiger partial charge < -0.3 is 19.7 Å². The number of halogens is 3. The molecule has 0 aliphatic carbocycles. The number of carbonyl (C=O) groups is 1. The fourth-order valence-corrected chi connectivity index (χ4v) is 5.23. The van der Waals surface area contributed by atoms with Gasteiger partial charge in [-0.05, 0) is 18.6 Å². The Morgan fingerprint density at radius 2 is 1.82 bits per heavy atom. The van der Waals surface area contributed by atoms with Crippen molar-refractivity contribution in [2.75, 3.05) is 43.1 Å². The number of hydrogen-bond donors (Lipinski definition) is 1. The standard InChI is InChI=1S/C29H24F3N3O3.H2/c30-17-14-22(26(32)23(31)15-17)19-5-3-6-21-27(19)33-16-24(28(21)35-9-12-37-13-10-35)34-29(36)20-8-11-38-25-7-2-1-4-18(20)25;/h1-7,14-16,20H,8-13H2,(H,34,36);1H/t20-;/m0./s1. The lowest BCUT2D eigenvalue weighted by molar-refractivity contribution is -0.118. The highest BCUT2D eigenvalue weighted by Crippen LogP contribution is 2.40. The first kappa shape index (κ1) is 24.2. The van der Waals surface area contributed by atoms with Crippen LogP contribution in [-0.2, 0) is 9.53 Å². The summed E-state index contributed by atoms with van der Waals surface area (Å²) in [6, 6.07) is 14.0. The fraction of sp³-hybridized carbons (Fsp3) is 0.241. The van der Waals surface area contributed by atoms with Crippen LogP contribution in [0.4, 0.5) is 24.5 Å². The zero-order valence-electron chi connectivity index (χ0n) is 20.3. The van der Waals surface area contributed by atoms with Gasteiger partial charge in [-0.25, -0.2) is 13.2 Å². The van der Waals surface area contributed by atoms with Crippen LogP contribution in [0.1, 0.15) is 19.3 Å². The molecule has 1 fully saturated rings. The van der Waals surface area contributed by atoms with Gasteiger partial charge in [0.2, 0.25) is 5.91 Å². The van der Waals surface area contributed by atoms with Crippen LogP contribution < -0.4 is 15.0 Å². The van der Waals surface area contributed by atoms with Crippen molar-refractivity contribution in [2.45, 2.75) is 12.3 Å². The Morgan fingerprint density at radius 1 is 1.00 bits per heavy atom. The quantitative estimate of drug-likeness (QED) is 0.339. The van der Waals surface area contributed by atoms with Crippen LogP contribution in [-0.4, -0.2) is 43.8 Å². The van der Waals surface area contributed by atoms with E-state index >= 15 is 0 Å². The third kappa shape index (κ3) is 4.32. The van der Waals surface area contributed by atoms with Crippen LogP contribution in [0, 0.1) is 17.5 Å². The molecule has 0 radical (unpaired) electrons. The molecule has 0 bridgehead atoms. The minimum absolute atomic E-state index is 0. The number of fused-ring (bicyclic) bond motifs is 2. The van der Waals surface area contributed by atoms with E-state index in [2.05, 4.69) is 15.2 Å². The number of carbonyl (C=O) groups excluding carboxylic acids is 1. The van der Waals surface area contributed by atoms with Crippen LogP contribution in [0.25, 0.3) is 22.0 Å². The number of ether oxygens (including phenoxy) is 2. The number of hydrogen-bond acceptors (Lipinski definition) is 5. The van der Waals surface area contributed by atoms with E-state index < -0.39 is 23.4 Å². The van der Waals surface area contributed by atoms with Crippen LogP contribution in [0.3, 0.4) is 0 Å². The lowest BCUT2D eigenvalue weighted by Crippen LogP contribution is -2.37. The molecule has 196 valence electrons. The molecule has 4 aromatic rings. The van der Waals surface area contributed by atoms with E-state index in [4.69, 9.17) is 9.47 Å². The molecular formula is C29H26F3N3O3. The summed E-state index contributed by atoms with van der Waals surface area (Å²) < 4.78 is 54.1. The Morgan fingerprint density at radius 3 is 2.66 bits per heavy atom. The van der Waals surface area contributed by atoms with Gasteiger partial charge in [0.25, 0.3) is 0 Å². The van der Waals surface area contributed by atoms with Crippen molar-refractivity contribution in [1.29, 1.82) is 0 Å². The molecule has 3 aromatic carbocycles. The first-order valence-corrected chi connectivity index (χ1v) is 12.4. The van der Waals surface area contributed by atoms with Gasteiger partial charge in [-0.1, -0.05) is 36.4 Å². The summed E-state index contributed by atoms with van der Waals surface area (Å²) in [6.07, 6.45) is 2.05. The summed E-state index contributed by atoms with van der Waals surface area (Å²) >= 11 is 0. The Kier molecular flexibility index (Phi) is 6.37. The molecule has 1 atom stereocenters. The molecule has 1 amide bonds. The number of pyridine rings is 1. The van der Waals surface area contributed by atoms with E-state index in [0.717, 1.165) is 11.6 Å². The summed E-state index contributed by atoms with van der Waals surface area (Å²) in [5.74, 6) is -3.20. The topological polar surface area (TPSA) is 63.7 Å². The summed E-state index contributed by atoms with van der Waals surface area (Å²) in [6.45, 7) is 2.55. The van der Waals surface area contributed by atoms with E-state index in [1.54, 1.807) is 12.1 Å². The van der Waals surface area contributed by atoms with Crippen molar-refractivity contribution in [3.63, 3.8) is 0 Å². The molecule has 2 aliphatic heterocycles. The number of rotatable bonds is 4. The van der Waals surface area contributed by atoms with Crippen molar-refractivity contribution in [3.8, 4) is 16.9 Å². The average Bonchev–Trinajstić information content (AvgIpc) is 2.94. The van der Waals surface area contributed by atoms with Crippen LogP contribution in [0.15, 0.2) is 60.8 Å². The number of amides is 1. The number of anilines is 2. The minimum Gasteiger partial charge on any atom is -0.493 e. The Balaban J connectivity index is 0.00000308. The Labute approximate surface area is 218 Å². The lowest BCUT2D eigenvalue weighted by Gasteiger charge is -2.32. The van der Waals surface area contributed by atoms with Crippen LogP contribution in [0.5, 0.6) is 5.75 Å². The van der Waals surface area contributed by atoms with Gasteiger partial charge in [-0.3, -0.25) is 9.78 Å². The van der Waals surface area contributed by atoms with Gasteiger partial charge in [0.15, 0.2) is 11.6 Å². The minimum atomic E-state index is -1.27. The Bertz CT molecular complexity index is 1550. The molecule has 0 unspecified atom stereocenters. The van der Waals surface area contributed by atoms with E-state index in [1.807, 2.05) is 30.3 Å². The molecule has 6 nitrogen and oxygen atoms in total. The van der Waals surface area contributed by atoms with Gasteiger partial charge in [-0.2, -0.15) is 0 Å². The highest BCUT2D eigenvalue weighted by atomic mass is 19.2. The first-order chi connectivity index (χ1) is 18.5. The third-order valence-corrected chi connectivity index (χ3v) is 7.01. The number of nitrogens with zero attached hydrogens (tertiary/aromatic N) is 2. The van der Waals surface area contributed by atoms with Crippen molar-refractivity contribution in [2.24, 2.45) is 0 Å². The highest BCUT2D eigenvalue weighted by Gasteiger charge is 2.29. The number of para-hydroxylation sites is 2. The SMILES string of the molecule is O=C(Nc1cnc2c(-c3cc(F)cc(F)c3F)cccc2c1N1CCOCC1)[C@H]1CCOc2ccccc21.[HH]. The second-order valence-electron chi connectivity index (χ2n) is 9.29. The van der Waals surface area contributed by atoms with E-state index in [-0.39, 0.29) is 18.5 Å². The van der Waals surface area contributed by atoms with Gasteiger partial charge in [0.05, 0.1) is 48.8 Å². The third-order valence-electron chi connectivity index (χ3n) is 7.01. The number of benzene rings is 3.